The maximum Gasteiger partial charge on any atom is 0.410 e. The average Bonchev–Trinajstić information content (AvgIpc) is 2.70. The number of nitrogens with one attached hydrogen (secondary N) is 1. The summed E-state index contributed by atoms with van der Waals surface area (Å²) in [5.74, 6) is 0. The van der Waals surface area contributed by atoms with Crippen LogP contribution < -0.4 is 5.32 Å². The number of rotatable bonds is 2. The van der Waals surface area contributed by atoms with E-state index in [0.29, 0.717) is 12.1 Å². The normalized spacial score (nSPS) is 28.0. The number of amides is 1. The number of nitrogens with zero attached hydrogens (tertiary/aromatic N) is 2. The third-order valence-corrected chi connectivity index (χ3v) is 3.89. The van der Waals surface area contributed by atoms with Gasteiger partial charge in [-0.05, 0) is 33.6 Å². The first-order valence-corrected chi connectivity index (χ1v) is 7.27. The van der Waals surface area contributed by atoms with Gasteiger partial charge in [0, 0.05) is 45.3 Å². The number of hydrogen-bond acceptors (Lipinski definition) is 4. The SMILES string of the molecule is CN(CC1CCC2CNCCN21)C(=O)OC(C)(C)C. The zero-order valence-electron chi connectivity index (χ0n) is 12.6. The lowest BCUT2D eigenvalue weighted by atomic mass is 10.2. The molecule has 2 unspecified atom stereocenters. The summed E-state index contributed by atoms with van der Waals surface area (Å²) in [6.07, 6.45) is 2.20. The van der Waals surface area contributed by atoms with Crippen LogP contribution in [0.1, 0.15) is 33.6 Å². The molecule has 19 heavy (non-hydrogen) atoms. The Morgan fingerprint density at radius 2 is 2.16 bits per heavy atom. The summed E-state index contributed by atoms with van der Waals surface area (Å²) >= 11 is 0. The second-order valence-electron chi connectivity index (χ2n) is 6.69. The van der Waals surface area contributed by atoms with E-state index in [1.165, 1.54) is 12.8 Å². The monoisotopic (exact) mass is 269 g/mol. The number of piperazine rings is 1. The molecule has 0 aromatic rings. The molecule has 2 atom stereocenters. The molecule has 0 aliphatic carbocycles. The average molecular weight is 269 g/mol. The molecule has 1 N–H and O–H groups in total. The highest BCUT2D eigenvalue weighted by molar-refractivity contribution is 5.67. The van der Waals surface area contributed by atoms with Crippen molar-refractivity contribution >= 4 is 6.09 Å². The minimum Gasteiger partial charge on any atom is -0.444 e. The first-order chi connectivity index (χ1) is 8.87. The van der Waals surface area contributed by atoms with Gasteiger partial charge in [-0.1, -0.05) is 0 Å². The maximum absolute atomic E-state index is 12.0. The van der Waals surface area contributed by atoms with Gasteiger partial charge in [-0.2, -0.15) is 0 Å². The largest absolute Gasteiger partial charge is 0.444 e. The number of fused-ring (bicyclic) bond motifs is 1. The van der Waals surface area contributed by atoms with Crippen molar-refractivity contribution in [3.63, 3.8) is 0 Å². The van der Waals surface area contributed by atoms with E-state index in [-0.39, 0.29) is 6.09 Å². The van der Waals surface area contributed by atoms with Gasteiger partial charge < -0.3 is 15.0 Å². The molecule has 0 aromatic heterocycles. The highest BCUT2D eigenvalue weighted by Crippen LogP contribution is 2.25. The summed E-state index contributed by atoms with van der Waals surface area (Å²) in [6.45, 7) is 9.72. The first kappa shape index (κ1) is 14.6. The zero-order chi connectivity index (χ0) is 14.0. The van der Waals surface area contributed by atoms with Crippen molar-refractivity contribution in [2.24, 2.45) is 0 Å². The molecule has 1 amide bonds. The summed E-state index contributed by atoms with van der Waals surface area (Å²) in [5, 5.41) is 3.44. The Kier molecular flexibility index (Phi) is 4.36. The van der Waals surface area contributed by atoms with Gasteiger partial charge in [0.25, 0.3) is 0 Å². The van der Waals surface area contributed by atoms with Gasteiger partial charge in [0.2, 0.25) is 0 Å². The van der Waals surface area contributed by atoms with Crippen LogP contribution >= 0.6 is 0 Å². The molecular formula is C14H27N3O2. The Bertz CT molecular complexity index is 327. The van der Waals surface area contributed by atoms with Crippen LogP contribution in [0.5, 0.6) is 0 Å². The number of carbonyl (C=O) groups is 1. The van der Waals surface area contributed by atoms with E-state index in [9.17, 15) is 4.79 Å². The van der Waals surface area contributed by atoms with Crippen LogP contribution in [0.4, 0.5) is 4.79 Å². The number of ether oxygens (including phenoxy) is 1. The Balaban J connectivity index is 1.85. The second-order valence-corrected chi connectivity index (χ2v) is 6.69. The molecule has 0 radical (unpaired) electrons. The molecule has 5 heteroatoms. The van der Waals surface area contributed by atoms with Crippen molar-refractivity contribution in [2.75, 3.05) is 33.2 Å². The summed E-state index contributed by atoms with van der Waals surface area (Å²) < 4.78 is 5.40. The molecule has 2 saturated heterocycles. The molecule has 2 aliphatic heterocycles. The maximum atomic E-state index is 12.0. The molecule has 2 aliphatic rings. The fourth-order valence-electron chi connectivity index (χ4n) is 3.00. The Morgan fingerprint density at radius 1 is 1.42 bits per heavy atom. The van der Waals surface area contributed by atoms with Crippen molar-refractivity contribution in [2.45, 2.75) is 51.3 Å². The molecule has 5 nitrogen and oxygen atoms in total. The van der Waals surface area contributed by atoms with Crippen LogP contribution in [-0.2, 0) is 4.74 Å². The molecule has 110 valence electrons. The first-order valence-electron chi connectivity index (χ1n) is 7.27. The quantitative estimate of drug-likeness (QED) is 0.820. The lowest BCUT2D eigenvalue weighted by Gasteiger charge is -2.36. The summed E-state index contributed by atoms with van der Waals surface area (Å²) in [7, 11) is 1.84. The number of hydrogen-bond donors (Lipinski definition) is 1. The van der Waals surface area contributed by atoms with Gasteiger partial charge in [0.05, 0.1) is 0 Å². The van der Waals surface area contributed by atoms with Gasteiger partial charge in [-0.15, -0.1) is 0 Å². The third-order valence-electron chi connectivity index (χ3n) is 3.89. The molecule has 2 fully saturated rings. The smallest absolute Gasteiger partial charge is 0.410 e. The number of likely N-dealkylation sites (N-methyl/N-ethyl adjacent to an activating group) is 1. The van der Waals surface area contributed by atoms with Crippen LogP contribution in [0.25, 0.3) is 0 Å². The topological polar surface area (TPSA) is 44.8 Å². The Hall–Kier alpha value is -0.810. The molecular weight excluding hydrogens is 242 g/mol. The van der Waals surface area contributed by atoms with Gasteiger partial charge in [-0.25, -0.2) is 4.79 Å². The molecule has 0 spiro atoms. The second kappa shape index (κ2) is 5.67. The summed E-state index contributed by atoms with van der Waals surface area (Å²) in [4.78, 5) is 16.3. The minimum absolute atomic E-state index is 0.217. The fraction of sp³-hybridized carbons (Fsp3) is 0.929. The van der Waals surface area contributed by atoms with Crippen LogP contribution in [0, 0.1) is 0 Å². The lowest BCUT2D eigenvalue weighted by molar-refractivity contribution is 0.0242. The Labute approximate surface area is 116 Å². The van der Waals surface area contributed by atoms with Gasteiger partial charge in [0.15, 0.2) is 0 Å². The van der Waals surface area contributed by atoms with E-state index in [1.54, 1.807) is 4.90 Å². The van der Waals surface area contributed by atoms with Crippen LogP contribution in [0.2, 0.25) is 0 Å². The van der Waals surface area contributed by atoms with E-state index in [4.69, 9.17) is 4.74 Å². The highest BCUT2D eigenvalue weighted by Gasteiger charge is 2.36. The third kappa shape index (κ3) is 3.83. The van der Waals surface area contributed by atoms with Crippen molar-refractivity contribution in [1.29, 1.82) is 0 Å². The molecule has 0 aromatic carbocycles. The molecule has 0 saturated carbocycles. The van der Waals surface area contributed by atoms with E-state index in [0.717, 1.165) is 26.2 Å². The highest BCUT2D eigenvalue weighted by atomic mass is 16.6. The predicted molar refractivity (Wildman–Crippen MR) is 75.2 cm³/mol. The molecule has 2 heterocycles. The summed E-state index contributed by atoms with van der Waals surface area (Å²) in [6, 6.07) is 1.15. The zero-order valence-corrected chi connectivity index (χ0v) is 12.6. The lowest BCUT2D eigenvalue weighted by Crippen LogP contribution is -2.53. The number of carbonyl (C=O) groups excluding carboxylic acids is 1. The van der Waals surface area contributed by atoms with E-state index in [2.05, 4.69) is 10.2 Å². The Morgan fingerprint density at radius 3 is 2.84 bits per heavy atom. The predicted octanol–water partition coefficient (Wildman–Crippen LogP) is 1.29. The van der Waals surface area contributed by atoms with Gasteiger partial charge >= 0.3 is 6.09 Å². The van der Waals surface area contributed by atoms with Gasteiger partial charge in [0.1, 0.15) is 5.60 Å². The van der Waals surface area contributed by atoms with Crippen LogP contribution in [0.3, 0.4) is 0 Å². The van der Waals surface area contributed by atoms with Crippen molar-refractivity contribution in [3.8, 4) is 0 Å². The van der Waals surface area contributed by atoms with Crippen molar-refractivity contribution in [3.05, 3.63) is 0 Å². The molecule has 0 bridgehead atoms. The van der Waals surface area contributed by atoms with Crippen LogP contribution in [0.15, 0.2) is 0 Å². The minimum atomic E-state index is -0.418. The van der Waals surface area contributed by atoms with Crippen molar-refractivity contribution in [1.82, 2.24) is 15.1 Å². The van der Waals surface area contributed by atoms with Crippen LogP contribution in [-0.4, -0.2) is 66.8 Å². The standard InChI is InChI=1S/C14H27N3O2/c1-14(2,3)19-13(18)16(4)10-12-6-5-11-9-15-7-8-17(11)12/h11-12,15H,5-10H2,1-4H3. The molecule has 2 rings (SSSR count). The van der Waals surface area contributed by atoms with E-state index in [1.807, 2.05) is 27.8 Å². The summed E-state index contributed by atoms with van der Waals surface area (Å²) in [5.41, 5.74) is -0.418. The van der Waals surface area contributed by atoms with Gasteiger partial charge in [-0.3, -0.25) is 4.90 Å². The fourth-order valence-corrected chi connectivity index (χ4v) is 3.00. The van der Waals surface area contributed by atoms with E-state index < -0.39 is 5.60 Å². The van der Waals surface area contributed by atoms with E-state index >= 15 is 0 Å². The van der Waals surface area contributed by atoms with Crippen molar-refractivity contribution < 1.29 is 9.53 Å².